The number of piperazine rings is 1. The van der Waals surface area contributed by atoms with Crippen LogP contribution in [0.1, 0.15) is 90.0 Å². The smallest absolute Gasteiger partial charge is 0.0469 e. The Labute approximate surface area is 227 Å². The second kappa shape index (κ2) is 12.7. The molecule has 3 heterocycles. The van der Waals surface area contributed by atoms with Gasteiger partial charge in [0.2, 0.25) is 0 Å². The van der Waals surface area contributed by atoms with E-state index in [2.05, 4.69) is 53.7 Å². The molecule has 1 aliphatic carbocycles. The second-order valence-electron chi connectivity index (χ2n) is 13.0. The summed E-state index contributed by atoms with van der Waals surface area (Å²) in [6.45, 7) is 17.8. The fourth-order valence-corrected chi connectivity index (χ4v) is 7.24. The van der Waals surface area contributed by atoms with E-state index in [1.54, 1.807) is 11.3 Å². The van der Waals surface area contributed by atoms with Crippen molar-refractivity contribution in [2.75, 3.05) is 68.8 Å². The maximum Gasteiger partial charge on any atom is 0.0469 e. The first-order valence-electron chi connectivity index (χ1n) is 14.9. The summed E-state index contributed by atoms with van der Waals surface area (Å²) in [4.78, 5) is 8.11. The Hall–Kier alpha value is -0.970. The molecule has 0 N–H and O–H groups in total. The largest absolute Gasteiger partial charge is 0.381 e. The average Bonchev–Trinajstić information content (AvgIpc) is 2.90. The van der Waals surface area contributed by atoms with Crippen LogP contribution in [0.4, 0.5) is 11.4 Å². The van der Waals surface area contributed by atoms with Gasteiger partial charge in [0, 0.05) is 70.4 Å². The number of ether oxygens (including phenoxy) is 1. The van der Waals surface area contributed by atoms with Crippen LogP contribution in [-0.4, -0.2) is 63.9 Å². The number of hydrogen-bond donors (Lipinski definition) is 0. The van der Waals surface area contributed by atoms with Gasteiger partial charge in [-0.15, -0.1) is 12.4 Å². The van der Waals surface area contributed by atoms with E-state index in [1.165, 1.54) is 109 Å². The van der Waals surface area contributed by atoms with Crippen molar-refractivity contribution in [2.24, 2.45) is 17.3 Å². The molecule has 3 saturated heterocycles. The quantitative estimate of drug-likeness (QED) is 0.419. The normalized spacial score (nSPS) is 27.1. The van der Waals surface area contributed by atoms with E-state index in [9.17, 15) is 0 Å². The van der Waals surface area contributed by atoms with Crippen LogP contribution in [0.3, 0.4) is 0 Å². The van der Waals surface area contributed by atoms with Crippen molar-refractivity contribution in [2.45, 2.75) is 84.5 Å². The van der Waals surface area contributed by atoms with Crippen molar-refractivity contribution in [1.29, 1.82) is 0 Å². The summed E-state index contributed by atoms with van der Waals surface area (Å²) in [5, 5.41) is 0. The molecule has 0 bridgehead atoms. The fraction of sp³-hybridized carbons (Fsp3) is 0.806. The molecule has 0 atom stereocenters. The maximum absolute atomic E-state index is 5.58. The van der Waals surface area contributed by atoms with Crippen LogP contribution in [0.2, 0.25) is 0 Å². The highest BCUT2D eigenvalue weighted by atomic mass is 35.5. The van der Waals surface area contributed by atoms with E-state index in [0.29, 0.717) is 5.41 Å². The molecule has 0 unspecified atom stereocenters. The monoisotopic (exact) mass is 517 g/mol. The van der Waals surface area contributed by atoms with E-state index >= 15 is 0 Å². The lowest BCUT2D eigenvalue weighted by molar-refractivity contribution is 0.0517. The molecule has 4 nitrogen and oxygen atoms in total. The first kappa shape index (κ1) is 28.0. The first-order chi connectivity index (χ1) is 17.0. The van der Waals surface area contributed by atoms with Crippen LogP contribution in [0, 0.1) is 17.3 Å². The highest BCUT2D eigenvalue weighted by Gasteiger charge is 2.32. The molecule has 0 radical (unpaired) electrons. The predicted octanol–water partition coefficient (Wildman–Crippen LogP) is 6.97. The Kier molecular flexibility index (Phi) is 9.91. The number of benzene rings is 1. The summed E-state index contributed by atoms with van der Waals surface area (Å²) in [5.74, 6) is 2.45. The van der Waals surface area contributed by atoms with E-state index in [4.69, 9.17) is 4.74 Å². The van der Waals surface area contributed by atoms with Crippen molar-refractivity contribution >= 4 is 23.8 Å². The molecule has 1 saturated carbocycles. The Morgan fingerprint density at radius 2 is 1.44 bits per heavy atom. The minimum atomic E-state index is 0. The summed E-state index contributed by atoms with van der Waals surface area (Å²) in [6.07, 6.45) is 12.1. The Morgan fingerprint density at radius 3 is 2.08 bits per heavy atom. The topological polar surface area (TPSA) is 19.0 Å². The highest BCUT2D eigenvalue weighted by Crippen LogP contribution is 2.46. The number of hydrogen-bond acceptors (Lipinski definition) is 4. The standard InChI is InChI=1S/C31H51N3O.ClH/c1-31(2,3)27-9-7-26(8-10-27)29-23-28(33-15-5-4-6-16-33)11-12-30(29)34-19-17-32(18-20-34)24-25-13-21-35-22-14-25;/h11-12,23,25-27H,4-10,13-22,24H2,1-3H3;1H. The van der Waals surface area contributed by atoms with Crippen LogP contribution in [0.5, 0.6) is 0 Å². The SMILES string of the molecule is CC(C)(C)C1CCC(c2cc(N3CCCCC3)ccc2N2CCN(CC3CCOCC3)CC2)CC1.Cl. The Morgan fingerprint density at radius 1 is 0.778 bits per heavy atom. The summed E-state index contributed by atoms with van der Waals surface area (Å²) >= 11 is 0. The van der Waals surface area contributed by atoms with Crippen LogP contribution >= 0.6 is 12.4 Å². The third-order valence-electron chi connectivity index (χ3n) is 9.69. The summed E-state index contributed by atoms with van der Waals surface area (Å²) in [6, 6.07) is 7.57. The molecule has 5 rings (SSSR count). The molecule has 3 aliphatic heterocycles. The second-order valence-corrected chi connectivity index (χ2v) is 13.0. The molecule has 0 aromatic heterocycles. The van der Waals surface area contributed by atoms with Gasteiger partial charge >= 0.3 is 0 Å². The minimum absolute atomic E-state index is 0. The summed E-state index contributed by atoms with van der Waals surface area (Å²) in [5.41, 5.74) is 5.15. The van der Waals surface area contributed by atoms with Crippen molar-refractivity contribution in [3.63, 3.8) is 0 Å². The zero-order valence-corrected chi connectivity index (χ0v) is 24.2. The van der Waals surface area contributed by atoms with Gasteiger partial charge in [0.05, 0.1) is 0 Å². The lowest BCUT2D eigenvalue weighted by Crippen LogP contribution is -2.48. The Balaban J connectivity index is 0.00000304. The highest BCUT2D eigenvalue weighted by molar-refractivity contribution is 5.85. The molecule has 1 aromatic rings. The fourth-order valence-electron chi connectivity index (χ4n) is 7.24. The van der Waals surface area contributed by atoms with Gasteiger partial charge < -0.3 is 14.5 Å². The van der Waals surface area contributed by atoms with E-state index in [0.717, 1.165) is 31.0 Å². The molecule has 0 amide bonds. The number of anilines is 2. The van der Waals surface area contributed by atoms with Gasteiger partial charge in [-0.25, -0.2) is 0 Å². The average molecular weight is 518 g/mol. The van der Waals surface area contributed by atoms with Gasteiger partial charge in [0.1, 0.15) is 0 Å². The summed E-state index contributed by atoms with van der Waals surface area (Å²) < 4.78 is 5.58. The number of nitrogens with zero attached hydrogens (tertiary/aromatic N) is 3. The van der Waals surface area contributed by atoms with E-state index < -0.39 is 0 Å². The van der Waals surface area contributed by atoms with Gasteiger partial charge in [-0.05, 0) is 105 Å². The first-order valence-corrected chi connectivity index (χ1v) is 14.9. The zero-order valence-electron chi connectivity index (χ0n) is 23.4. The summed E-state index contributed by atoms with van der Waals surface area (Å²) in [7, 11) is 0. The Bertz CT molecular complexity index is 797. The molecule has 0 spiro atoms. The van der Waals surface area contributed by atoms with Crippen LogP contribution in [0.15, 0.2) is 18.2 Å². The van der Waals surface area contributed by atoms with Crippen LogP contribution < -0.4 is 9.80 Å². The van der Waals surface area contributed by atoms with Crippen LogP contribution in [-0.2, 0) is 4.74 Å². The molecular formula is C31H52ClN3O. The maximum atomic E-state index is 5.58. The lowest BCUT2D eigenvalue weighted by Gasteiger charge is -2.41. The minimum Gasteiger partial charge on any atom is -0.381 e. The van der Waals surface area contributed by atoms with Gasteiger partial charge in [0.15, 0.2) is 0 Å². The molecule has 4 aliphatic rings. The molecule has 4 fully saturated rings. The third kappa shape index (κ3) is 6.91. The molecule has 36 heavy (non-hydrogen) atoms. The third-order valence-corrected chi connectivity index (χ3v) is 9.69. The van der Waals surface area contributed by atoms with Gasteiger partial charge in [0.25, 0.3) is 0 Å². The number of halogens is 1. The number of rotatable bonds is 5. The molecule has 5 heteroatoms. The van der Waals surface area contributed by atoms with Crippen molar-refractivity contribution in [3.8, 4) is 0 Å². The van der Waals surface area contributed by atoms with E-state index in [-0.39, 0.29) is 12.4 Å². The van der Waals surface area contributed by atoms with Crippen molar-refractivity contribution in [1.82, 2.24) is 4.90 Å². The van der Waals surface area contributed by atoms with Gasteiger partial charge in [-0.1, -0.05) is 20.8 Å². The zero-order chi connectivity index (χ0) is 24.3. The van der Waals surface area contributed by atoms with Crippen molar-refractivity contribution in [3.05, 3.63) is 23.8 Å². The van der Waals surface area contributed by atoms with Gasteiger partial charge in [-0.2, -0.15) is 0 Å². The predicted molar refractivity (Wildman–Crippen MR) is 156 cm³/mol. The van der Waals surface area contributed by atoms with Gasteiger partial charge in [-0.3, -0.25) is 4.90 Å². The molecule has 1 aromatic carbocycles. The molecule has 204 valence electrons. The van der Waals surface area contributed by atoms with E-state index in [1.807, 2.05) is 0 Å². The molecular weight excluding hydrogens is 466 g/mol. The number of piperidine rings is 1. The lowest BCUT2D eigenvalue weighted by atomic mass is 9.68. The van der Waals surface area contributed by atoms with Crippen molar-refractivity contribution < 1.29 is 4.74 Å². The van der Waals surface area contributed by atoms with Crippen LogP contribution in [0.25, 0.3) is 0 Å².